The van der Waals surface area contributed by atoms with Crippen LogP contribution < -0.4 is 10.2 Å². The maximum absolute atomic E-state index is 12.8. The van der Waals surface area contributed by atoms with E-state index < -0.39 is 0 Å². The molecule has 3 heterocycles. The lowest BCUT2D eigenvalue weighted by Crippen LogP contribution is -2.51. The number of hydrogen-bond acceptors (Lipinski definition) is 5. The molecule has 25 heavy (non-hydrogen) atoms. The molecule has 2 aromatic rings. The summed E-state index contributed by atoms with van der Waals surface area (Å²) in [6, 6.07) is 5.56. The Morgan fingerprint density at radius 1 is 1.20 bits per heavy atom. The summed E-state index contributed by atoms with van der Waals surface area (Å²) in [7, 11) is 3.66. The van der Waals surface area contributed by atoms with Gasteiger partial charge in [-0.05, 0) is 19.2 Å². The highest BCUT2D eigenvalue weighted by molar-refractivity contribution is 5.85. The molecule has 0 aromatic carbocycles. The van der Waals surface area contributed by atoms with Gasteiger partial charge in [-0.15, -0.1) is 24.8 Å². The number of nitrogens with one attached hydrogen (secondary N) is 1. The molecular formula is C16H24Cl2N6O. The van der Waals surface area contributed by atoms with Gasteiger partial charge in [-0.2, -0.15) is 5.10 Å². The second-order valence-corrected chi connectivity index (χ2v) is 5.67. The molecule has 1 amide bonds. The Hall–Kier alpha value is -1.83. The molecule has 138 valence electrons. The van der Waals surface area contributed by atoms with Crippen molar-refractivity contribution in [2.75, 3.05) is 38.1 Å². The molecule has 1 fully saturated rings. The van der Waals surface area contributed by atoms with E-state index in [9.17, 15) is 4.79 Å². The Morgan fingerprint density at radius 3 is 2.44 bits per heavy atom. The minimum absolute atomic E-state index is 0. The molecular weight excluding hydrogens is 363 g/mol. The zero-order chi connectivity index (χ0) is 16.2. The van der Waals surface area contributed by atoms with Crippen molar-refractivity contribution < 1.29 is 4.79 Å². The Morgan fingerprint density at radius 2 is 1.92 bits per heavy atom. The predicted octanol–water partition coefficient (Wildman–Crippen LogP) is 1.27. The zero-order valence-corrected chi connectivity index (χ0v) is 16.0. The molecule has 1 atom stereocenters. The summed E-state index contributed by atoms with van der Waals surface area (Å²) in [6.45, 7) is 3.00. The van der Waals surface area contributed by atoms with Crippen LogP contribution in [0.1, 0.15) is 11.6 Å². The molecule has 0 spiro atoms. The standard InChI is InChI=1S/C16H22N6O.2ClH/c1-17-15(13-11-19-20(2)12-13)16(23)22-9-7-21(8-10-22)14-5-3-4-6-18-14;;/h3-6,11-12,15,17H,7-10H2,1-2H3;2*1H. The first kappa shape index (κ1) is 21.2. The highest BCUT2D eigenvalue weighted by atomic mass is 35.5. The van der Waals surface area contributed by atoms with Gasteiger partial charge in [0.1, 0.15) is 11.9 Å². The Bertz CT molecular complexity index is 658. The van der Waals surface area contributed by atoms with Gasteiger partial charge in [-0.25, -0.2) is 4.98 Å². The van der Waals surface area contributed by atoms with Gasteiger partial charge in [-0.1, -0.05) is 6.07 Å². The lowest BCUT2D eigenvalue weighted by atomic mass is 10.1. The summed E-state index contributed by atoms with van der Waals surface area (Å²) in [4.78, 5) is 21.3. The first-order valence-electron chi connectivity index (χ1n) is 7.79. The van der Waals surface area contributed by atoms with Crippen LogP contribution in [0, 0.1) is 0 Å². The molecule has 2 aromatic heterocycles. The number of pyridine rings is 1. The highest BCUT2D eigenvalue weighted by Gasteiger charge is 2.28. The van der Waals surface area contributed by atoms with Crippen molar-refractivity contribution in [1.82, 2.24) is 25.0 Å². The molecule has 1 unspecified atom stereocenters. The van der Waals surface area contributed by atoms with Crippen molar-refractivity contribution in [3.05, 3.63) is 42.4 Å². The van der Waals surface area contributed by atoms with Gasteiger partial charge in [0.2, 0.25) is 5.91 Å². The number of halogens is 2. The third-order valence-corrected chi connectivity index (χ3v) is 4.16. The molecule has 1 aliphatic rings. The highest BCUT2D eigenvalue weighted by Crippen LogP contribution is 2.18. The molecule has 0 radical (unpaired) electrons. The molecule has 1 aliphatic heterocycles. The number of nitrogens with zero attached hydrogens (tertiary/aromatic N) is 5. The fourth-order valence-corrected chi connectivity index (χ4v) is 2.90. The van der Waals surface area contributed by atoms with Gasteiger partial charge < -0.3 is 15.1 Å². The Kier molecular flexibility index (Phi) is 8.15. The second kappa shape index (κ2) is 9.60. The van der Waals surface area contributed by atoms with Crippen molar-refractivity contribution >= 4 is 36.5 Å². The largest absolute Gasteiger partial charge is 0.353 e. The topological polar surface area (TPSA) is 66.3 Å². The van der Waals surface area contributed by atoms with E-state index in [0.717, 1.165) is 24.5 Å². The number of piperazine rings is 1. The molecule has 9 heteroatoms. The summed E-state index contributed by atoms with van der Waals surface area (Å²) < 4.78 is 1.71. The lowest BCUT2D eigenvalue weighted by molar-refractivity contribution is -0.133. The maximum Gasteiger partial charge on any atom is 0.244 e. The summed E-state index contributed by atoms with van der Waals surface area (Å²) in [5.74, 6) is 1.07. The molecule has 0 aliphatic carbocycles. The Balaban J connectivity index is 0.00000156. The fourth-order valence-electron chi connectivity index (χ4n) is 2.90. The van der Waals surface area contributed by atoms with Crippen LogP contribution in [0.3, 0.4) is 0 Å². The third kappa shape index (κ3) is 4.84. The van der Waals surface area contributed by atoms with E-state index in [1.165, 1.54) is 0 Å². The minimum Gasteiger partial charge on any atom is -0.353 e. The molecule has 0 bridgehead atoms. The number of carbonyl (C=O) groups is 1. The van der Waals surface area contributed by atoms with E-state index in [4.69, 9.17) is 0 Å². The first-order valence-corrected chi connectivity index (χ1v) is 7.79. The summed E-state index contributed by atoms with van der Waals surface area (Å²) in [6.07, 6.45) is 5.42. The van der Waals surface area contributed by atoms with E-state index in [1.54, 1.807) is 24.1 Å². The molecule has 0 saturated carbocycles. The number of hydrogen-bond donors (Lipinski definition) is 1. The maximum atomic E-state index is 12.8. The molecule has 3 rings (SSSR count). The average Bonchev–Trinajstić information content (AvgIpc) is 3.02. The number of rotatable bonds is 4. The van der Waals surface area contributed by atoms with Crippen LogP contribution >= 0.6 is 24.8 Å². The van der Waals surface area contributed by atoms with E-state index in [1.807, 2.05) is 36.3 Å². The monoisotopic (exact) mass is 386 g/mol. The van der Waals surface area contributed by atoms with Crippen LogP contribution in [0.2, 0.25) is 0 Å². The smallest absolute Gasteiger partial charge is 0.244 e. The van der Waals surface area contributed by atoms with Crippen LogP contribution in [0.25, 0.3) is 0 Å². The number of aryl methyl sites for hydroxylation is 1. The summed E-state index contributed by atoms with van der Waals surface area (Å²) >= 11 is 0. The third-order valence-electron chi connectivity index (χ3n) is 4.16. The molecule has 1 saturated heterocycles. The summed E-state index contributed by atoms with van der Waals surface area (Å²) in [5, 5.41) is 7.26. The number of amides is 1. The Labute approximate surface area is 160 Å². The number of anilines is 1. The molecule has 1 N–H and O–H groups in total. The first-order chi connectivity index (χ1) is 11.2. The quantitative estimate of drug-likeness (QED) is 0.856. The second-order valence-electron chi connectivity index (χ2n) is 5.67. The van der Waals surface area contributed by atoms with Crippen molar-refractivity contribution in [1.29, 1.82) is 0 Å². The van der Waals surface area contributed by atoms with Gasteiger partial charge in [0.15, 0.2) is 0 Å². The normalized spacial score (nSPS) is 15.1. The van der Waals surface area contributed by atoms with Crippen LogP contribution in [-0.4, -0.2) is 58.8 Å². The van der Waals surface area contributed by atoms with Crippen molar-refractivity contribution in [3.8, 4) is 0 Å². The van der Waals surface area contributed by atoms with Gasteiger partial charge in [0, 0.05) is 51.2 Å². The van der Waals surface area contributed by atoms with Crippen LogP contribution in [-0.2, 0) is 11.8 Å². The van der Waals surface area contributed by atoms with E-state index in [-0.39, 0.29) is 36.8 Å². The van der Waals surface area contributed by atoms with E-state index in [0.29, 0.717) is 13.1 Å². The van der Waals surface area contributed by atoms with Crippen molar-refractivity contribution in [2.45, 2.75) is 6.04 Å². The minimum atomic E-state index is -0.342. The SMILES string of the molecule is CNC(C(=O)N1CCN(c2ccccn2)CC1)c1cnn(C)c1.Cl.Cl. The zero-order valence-electron chi connectivity index (χ0n) is 14.3. The molecule has 7 nitrogen and oxygen atoms in total. The lowest BCUT2D eigenvalue weighted by Gasteiger charge is -2.36. The van der Waals surface area contributed by atoms with E-state index in [2.05, 4.69) is 20.3 Å². The predicted molar refractivity (Wildman–Crippen MR) is 103 cm³/mol. The van der Waals surface area contributed by atoms with Crippen LogP contribution in [0.4, 0.5) is 5.82 Å². The number of aromatic nitrogens is 3. The van der Waals surface area contributed by atoms with Crippen molar-refractivity contribution in [2.24, 2.45) is 7.05 Å². The van der Waals surface area contributed by atoms with Gasteiger partial charge >= 0.3 is 0 Å². The number of likely N-dealkylation sites (N-methyl/N-ethyl adjacent to an activating group) is 1. The fraction of sp³-hybridized carbons (Fsp3) is 0.438. The van der Waals surface area contributed by atoms with Gasteiger partial charge in [-0.3, -0.25) is 9.48 Å². The van der Waals surface area contributed by atoms with Gasteiger partial charge in [0.25, 0.3) is 0 Å². The van der Waals surface area contributed by atoms with E-state index >= 15 is 0 Å². The van der Waals surface area contributed by atoms with Crippen LogP contribution in [0.5, 0.6) is 0 Å². The van der Waals surface area contributed by atoms with Crippen molar-refractivity contribution in [3.63, 3.8) is 0 Å². The average molecular weight is 387 g/mol. The van der Waals surface area contributed by atoms with Crippen LogP contribution in [0.15, 0.2) is 36.8 Å². The van der Waals surface area contributed by atoms with Gasteiger partial charge in [0.05, 0.1) is 6.20 Å². The number of carbonyl (C=O) groups excluding carboxylic acids is 1. The summed E-state index contributed by atoms with van der Waals surface area (Å²) in [5.41, 5.74) is 0.896.